The average molecular weight is 505 g/mol. The average Bonchev–Trinajstić information content (AvgIpc) is 3.14. The van der Waals surface area contributed by atoms with E-state index in [9.17, 15) is 29.4 Å². The van der Waals surface area contributed by atoms with Gasteiger partial charge < -0.3 is 30.3 Å². The standard InChI is InChI=1S/C24H32N4O8/c1-35-13-5-11-25-22(33)16(14-15-6-3-2-4-7-15)26-18(29)9-8-17-20(31)21(32)23(36-17)28-12-10-19(30)27-24(28)34/h2-4,6-7,10,12,16-17,20-21,23,31-32H,5,8-9,11,13-14H2,1H3,(H,25,33)(H,26,29)(H,27,30,34)/t16-,17+,20+,21+,23+/m0/s1. The number of ether oxygens (including phenoxy) is 2. The van der Waals surface area contributed by atoms with Crippen molar-refractivity contribution in [2.75, 3.05) is 20.3 Å². The second kappa shape index (κ2) is 13.1. The third-order valence-electron chi connectivity index (χ3n) is 5.88. The minimum Gasteiger partial charge on any atom is -0.388 e. The number of hydrogen-bond donors (Lipinski definition) is 5. The molecule has 0 aliphatic carbocycles. The van der Waals surface area contributed by atoms with Crippen molar-refractivity contribution < 1.29 is 29.3 Å². The maximum atomic E-state index is 12.7. The lowest BCUT2D eigenvalue weighted by molar-refractivity contribution is -0.129. The van der Waals surface area contributed by atoms with Crippen LogP contribution in [-0.2, 0) is 25.5 Å². The van der Waals surface area contributed by atoms with Gasteiger partial charge in [-0.1, -0.05) is 30.3 Å². The van der Waals surface area contributed by atoms with Gasteiger partial charge in [0.05, 0.1) is 6.10 Å². The van der Waals surface area contributed by atoms with Crippen LogP contribution in [-0.4, -0.2) is 76.2 Å². The molecule has 0 saturated carbocycles. The molecule has 0 unspecified atom stereocenters. The van der Waals surface area contributed by atoms with Gasteiger partial charge in [0.1, 0.15) is 18.2 Å². The van der Waals surface area contributed by atoms with Crippen LogP contribution < -0.4 is 21.9 Å². The van der Waals surface area contributed by atoms with E-state index in [4.69, 9.17) is 9.47 Å². The number of methoxy groups -OCH3 is 1. The van der Waals surface area contributed by atoms with E-state index in [1.54, 1.807) is 7.11 Å². The first-order valence-electron chi connectivity index (χ1n) is 11.7. The fraction of sp³-hybridized carbons (Fsp3) is 0.500. The largest absolute Gasteiger partial charge is 0.388 e. The van der Waals surface area contributed by atoms with Crippen molar-refractivity contribution in [3.8, 4) is 0 Å². The summed E-state index contributed by atoms with van der Waals surface area (Å²) < 4.78 is 11.6. The van der Waals surface area contributed by atoms with Crippen LogP contribution >= 0.6 is 0 Å². The van der Waals surface area contributed by atoms with Crippen LogP contribution in [0.1, 0.15) is 31.1 Å². The SMILES string of the molecule is COCCCNC(=O)[C@H](Cc1ccccc1)NC(=O)CC[C@H]1O[C@@H](n2ccc(=O)[nH]c2=O)[C@H](O)[C@@H]1O. The van der Waals surface area contributed by atoms with Crippen molar-refractivity contribution in [3.05, 3.63) is 69.0 Å². The third-order valence-corrected chi connectivity index (χ3v) is 5.88. The van der Waals surface area contributed by atoms with Crippen LogP contribution in [0.4, 0.5) is 0 Å². The van der Waals surface area contributed by atoms with Gasteiger partial charge in [-0.15, -0.1) is 0 Å². The number of nitrogens with zero attached hydrogens (tertiary/aromatic N) is 1. The number of aliphatic hydroxyl groups excluding tert-OH is 2. The fourth-order valence-electron chi connectivity index (χ4n) is 3.98. The van der Waals surface area contributed by atoms with Crippen LogP contribution in [0.5, 0.6) is 0 Å². The minimum atomic E-state index is -1.44. The molecular weight excluding hydrogens is 472 g/mol. The second-order valence-electron chi connectivity index (χ2n) is 8.55. The number of aliphatic hydroxyl groups is 2. The first-order valence-corrected chi connectivity index (χ1v) is 11.7. The minimum absolute atomic E-state index is 0.0339. The molecule has 2 heterocycles. The highest BCUT2D eigenvalue weighted by Gasteiger charge is 2.44. The number of amides is 2. The number of aromatic nitrogens is 2. The molecule has 12 nitrogen and oxygen atoms in total. The smallest absolute Gasteiger partial charge is 0.330 e. The Morgan fingerprint density at radius 3 is 2.61 bits per heavy atom. The second-order valence-corrected chi connectivity index (χ2v) is 8.55. The molecule has 5 atom stereocenters. The molecule has 1 aliphatic heterocycles. The monoisotopic (exact) mass is 504 g/mol. The molecule has 0 bridgehead atoms. The van der Waals surface area contributed by atoms with E-state index in [0.29, 0.717) is 26.0 Å². The zero-order chi connectivity index (χ0) is 26.1. The van der Waals surface area contributed by atoms with E-state index in [0.717, 1.165) is 22.4 Å². The van der Waals surface area contributed by atoms with E-state index in [-0.39, 0.29) is 18.7 Å². The summed E-state index contributed by atoms with van der Waals surface area (Å²) in [5, 5.41) is 26.3. The van der Waals surface area contributed by atoms with Crippen LogP contribution in [0, 0.1) is 0 Å². The Balaban J connectivity index is 1.59. The summed E-state index contributed by atoms with van der Waals surface area (Å²) in [6.07, 6.45) is -2.93. The number of H-pyrrole nitrogens is 1. The van der Waals surface area contributed by atoms with E-state index in [1.807, 2.05) is 30.3 Å². The predicted octanol–water partition coefficient (Wildman–Crippen LogP) is -1.18. The Hall–Kier alpha value is -3.32. The van der Waals surface area contributed by atoms with E-state index in [1.165, 1.54) is 0 Å². The summed E-state index contributed by atoms with van der Waals surface area (Å²) in [4.78, 5) is 50.8. The molecule has 2 amide bonds. The van der Waals surface area contributed by atoms with Gasteiger partial charge in [-0.25, -0.2) is 4.79 Å². The molecule has 0 spiro atoms. The third kappa shape index (κ3) is 7.34. The quantitative estimate of drug-likeness (QED) is 0.225. The lowest BCUT2D eigenvalue weighted by Gasteiger charge is -2.20. The summed E-state index contributed by atoms with van der Waals surface area (Å²) in [7, 11) is 1.57. The van der Waals surface area contributed by atoms with Gasteiger partial charge in [0, 0.05) is 45.4 Å². The Morgan fingerprint density at radius 2 is 1.92 bits per heavy atom. The fourth-order valence-corrected chi connectivity index (χ4v) is 3.98. The van der Waals surface area contributed by atoms with E-state index < -0.39 is 47.7 Å². The topological polar surface area (TPSA) is 172 Å². The Morgan fingerprint density at radius 1 is 1.17 bits per heavy atom. The zero-order valence-corrected chi connectivity index (χ0v) is 20.0. The molecule has 2 aromatic rings. The van der Waals surface area contributed by atoms with Crippen LogP contribution in [0.25, 0.3) is 0 Å². The van der Waals surface area contributed by atoms with E-state index in [2.05, 4.69) is 15.6 Å². The number of hydrogen-bond acceptors (Lipinski definition) is 8. The molecule has 1 fully saturated rings. The maximum Gasteiger partial charge on any atom is 0.330 e. The van der Waals surface area contributed by atoms with Gasteiger partial charge in [0.2, 0.25) is 11.8 Å². The Kier molecular flexibility index (Phi) is 9.94. The van der Waals surface area contributed by atoms with Gasteiger partial charge in [0.25, 0.3) is 5.56 Å². The van der Waals surface area contributed by atoms with Gasteiger partial charge in [-0.3, -0.25) is 23.9 Å². The number of benzene rings is 1. The van der Waals surface area contributed by atoms with Gasteiger partial charge in [-0.2, -0.15) is 0 Å². The predicted molar refractivity (Wildman–Crippen MR) is 128 cm³/mol. The van der Waals surface area contributed by atoms with Gasteiger partial charge >= 0.3 is 5.69 Å². The molecule has 1 aromatic heterocycles. The van der Waals surface area contributed by atoms with E-state index >= 15 is 0 Å². The lowest BCUT2D eigenvalue weighted by Crippen LogP contribution is -2.48. The number of carbonyl (C=O) groups excluding carboxylic acids is 2. The number of carbonyl (C=O) groups is 2. The van der Waals surface area contributed by atoms with Crippen LogP contribution in [0.2, 0.25) is 0 Å². The van der Waals surface area contributed by atoms with Crippen LogP contribution in [0.3, 0.4) is 0 Å². The molecule has 12 heteroatoms. The van der Waals surface area contributed by atoms with Crippen molar-refractivity contribution in [1.82, 2.24) is 20.2 Å². The maximum absolute atomic E-state index is 12.7. The molecule has 196 valence electrons. The van der Waals surface area contributed by atoms with Crippen molar-refractivity contribution in [1.29, 1.82) is 0 Å². The molecular formula is C24H32N4O8. The summed E-state index contributed by atoms with van der Waals surface area (Å²) in [5.74, 6) is -0.758. The summed E-state index contributed by atoms with van der Waals surface area (Å²) in [6.45, 7) is 0.900. The zero-order valence-electron chi connectivity index (χ0n) is 20.0. The van der Waals surface area contributed by atoms with Crippen molar-refractivity contribution in [3.63, 3.8) is 0 Å². The summed E-state index contributed by atoms with van der Waals surface area (Å²) in [5.41, 5.74) is -0.524. The molecule has 5 N–H and O–H groups in total. The molecule has 1 aromatic carbocycles. The van der Waals surface area contributed by atoms with Gasteiger partial charge in [-0.05, 0) is 18.4 Å². The first kappa shape index (κ1) is 27.3. The summed E-state index contributed by atoms with van der Waals surface area (Å²) in [6, 6.07) is 9.56. The number of aromatic amines is 1. The molecule has 0 radical (unpaired) electrons. The lowest BCUT2D eigenvalue weighted by atomic mass is 10.0. The number of nitrogens with one attached hydrogen (secondary N) is 3. The normalized spacial score (nSPS) is 22.2. The highest BCUT2D eigenvalue weighted by atomic mass is 16.6. The molecule has 1 saturated heterocycles. The highest BCUT2D eigenvalue weighted by molar-refractivity contribution is 5.87. The van der Waals surface area contributed by atoms with Gasteiger partial charge in [0.15, 0.2) is 6.23 Å². The Bertz CT molecular complexity index is 1120. The molecule has 1 aliphatic rings. The first-order chi connectivity index (χ1) is 17.3. The van der Waals surface area contributed by atoms with Crippen molar-refractivity contribution >= 4 is 11.8 Å². The van der Waals surface area contributed by atoms with Crippen molar-refractivity contribution in [2.45, 2.75) is 56.3 Å². The van der Waals surface area contributed by atoms with Crippen LogP contribution in [0.15, 0.2) is 52.2 Å². The highest BCUT2D eigenvalue weighted by Crippen LogP contribution is 2.30. The molecule has 3 rings (SSSR count). The Labute approximate surface area is 207 Å². The van der Waals surface area contributed by atoms with Crippen molar-refractivity contribution in [2.24, 2.45) is 0 Å². The number of rotatable bonds is 12. The molecule has 36 heavy (non-hydrogen) atoms. The summed E-state index contributed by atoms with van der Waals surface area (Å²) >= 11 is 0.